The topological polar surface area (TPSA) is 69.7 Å². The predicted molar refractivity (Wildman–Crippen MR) is 122 cm³/mol. The Bertz CT molecular complexity index is 989. The Kier molecular flexibility index (Phi) is 6.74. The Morgan fingerprint density at radius 3 is 2.16 bits per heavy atom. The highest BCUT2D eigenvalue weighted by atomic mass is 32.2. The zero-order valence-electron chi connectivity index (χ0n) is 18.1. The van der Waals surface area contributed by atoms with E-state index in [9.17, 15) is 13.2 Å². The third-order valence-corrected chi connectivity index (χ3v) is 8.22. The number of aryl methyl sites for hydroxylation is 1. The molecule has 0 aromatic heterocycles. The molecule has 2 fully saturated rings. The van der Waals surface area contributed by atoms with E-state index >= 15 is 0 Å². The van der Waals surface area contributed by atoms with Gasteiger partial charge in [0.15, 0.2) is 0 Å². The molecule has 0 spiro atoms. The number of amides is 1. The third-order valence-electron chi connectivity index (χ3n) is 6.31. The summed E-state index contributed by atoms with van der Waals surface area (Å²) in [5.41, 5.74) is 3.21. The quantitative estimate of drug-likeness (QED) is 0.743. The van der Waals surface area contributed by atoms with Crippen molar-refractivity contribution in [1.82, 2.24) is 9.21 Å². The second-order valence-corrected chi connectivity index (χ2v) is 10.6. The van der Waals surface area contributed by atoms with Crippen LogP contribution < -0.4 is 5.32 Å². The molecule has 1 N–H and O–H groups in total. The number of benzene rings is 2. The minimum absolute atomic E-state index is 0.0118. The van der Waals surface area contributed by atoms with Crippen LogP contribution in [0.25, 0.3) is 0 Å². The highest BCUT2D eigenvalue weighted by Gasteiger charge is 2.28. The fourth-order valence-electron chi connectivity index (χ4n) is 4.34. The summed E-state index contributed by atoms with van der Waals surface area (Å²) in [4.78, 5) is 15.4. The summed E-state index contributed by atoms with van der Waals surface area (Å²) in [5.74, 6) is 0.00686. The fraction of sp³-hybridized carbons (Fsp3) is 0.458. The van der Waals surface area contributed by atoms with Crippen molar-refractivity contribution in [3.63, 3.8) is 0 Å². The van der Waals surface area contributed by atoms with Gasteiger partial charge in [-0.05, 0) is 75.5 Å². The summed E-state index contributed by atoms with van der Waals surface area (Å²) >= 11 is 0. The SMILES string of the molecule is Cc1ccc(CN2CCC(C(=O)Nc3ccc(S(=O)(=O)N4CCCC4)cc3)CC2)cc1. The van der Waals surface area contributed by atoms with Gasteiger partial charge in [-0.2, -0.15) is 4.31 Å². The monoisotopic (exact) mass is 441 g/mol. The molecule has 2 aliphatic heterocycles. The Balaban J connectivity index is 1.28. The summed E-state index contributed by atoms with van der Waals surface area (Å²) in [7, 11) is -3.42. The zero-order valence-corrected chi connectivity index (χ0v) is 18.9. The van der Waals surface area contributed by atoms with Crippen molar-refractivity contribution >= 4 is 21.6 Å². The van der Waals surface area contributed by atoms with E-state index in [1.807, 2.05) is 0 Å². The van der Waals surface area contributed by atoms with Gasteiger partial charge < -0.3 is 5.32 Å². The maximum atomic E-state index is 12.7. The van der Waals surface area contributed by atoms with Gasteiger partial charge in [-0.15, -0.1) is 0 Å². The first-order valence-corrected chi connectivity index (χ1v) is 12.5. The number of anilines is 1. The van der Waals surface area contributed by atoms with Gasteiger partial charge in [0.2, 0.25) is 15.9 Å². The minimum Gasteiger partial charge on any atom is -0.326 e. The van der Waals surface area contributed by atoms with Crippen molar-refractivity contribution < 1.29 is 13.2 Å². The lowest BCUT2D eigenvalue weighted by Gasteiger charge is -2.31. The number of carbonyl (C=O) groups is 1. The summed E-state index contributed by atoms with van der Waals surface area (Å²) in [6, 6.07) is 15.2. The summed E-state index contributed by atoms with van der Waals surface area (Å²) in [5, 5.41) is 2.96. The first kappa shape index (κ1) is 22.0. The van der Waals surface area contributed by atoms with Crippen LogP contribution in [0.5, 0.6) is 0 Å². The van der Waals surface area contributed by atoms with E-state index in [4.69, 9.17) is 0 Å². The highest BCUT2D eigenvalue weighted by Crippen LogP contribution is 2.24. The van der Waals surface area contributed by atoms with E-state index in [1.165, 1.54) is 15.4 Å². The molecule has 0 radical (unpaired) electrons. The third kappa shape index (κ3) is 5.34. The van der Waals surface area contributed by atoms with Crippen molar-refractivity contribution in [1.29, 1.82) is 0 Å². The molecule has 2 heterocycles. The molecule has 1 amide bonds. The van der Waals surface area contributed by atoms with Crippen molar-refractivity contribution in [3.05, 3.63) is 59.7 Å². The number of piperidine rings is 1. The van der Waals surface area contributed by atoms with E-state index in [2.05, 4.69) is 41.4 Å². The summed E-state index contributed by atoms with van der Waals surface area (Å²) in [6.45, 7) is 5.99. The van der Waals surface area contributed by atoms with E-state index in [0.29, 0.717) is 18.8 Å². The van der Waals surface area contributed by atoms with Crippen LogP contribution >= 0.6 is 0 Å². The molecule has 31 heavy (non-hydrogen) atoms. The predicted octanol–water partition coefficient (Wildman–Crippen LogP) is 3.63. The van der Waals surface area contributed by atoms with Gasteiger partial charge in [0.25, 0.3) is 0 Å². The minimum atomic E-state index is -3.42. The van der Waals surface area contributed by atoms with E-state index in [-0.39, 0.29) is 16.7 Å². The van der Waals surface area contributed by atoms with Gasteiger partial charge in [-0.25, -0.2) is 8.42 Å². The Morgan fingerprint density at radius 2 is 1.55 bits per heavy atom. The van der Waals surface area contributed by atoms with E-state index in [0.717, 1.165) is 45.3 Å². The Morgan fingerprint density at radius 1 is 0.935 bits per heavy atom. The van der Waals surface area contributed by atoms with Crippen LogP contribution in [-0.4, -0.2) is 49.7 Å². The molecule has 0 aliphatic carbocycles. The molecule has 0 bridgehead atoms. The molecule has 6 nitrogen and oxygen atoms in total. The summed E-state index contributed by atoms with van der Waals surface area (Å²) in [6.07, 6.45) is 3.49. The number of rotatable bonds is 6. The van der Waals surface area contributed by atoms with Crippen LogP contribution in [-0.2, 0) is 21.4 Å². The molecular formula is C24H31N3O3S. The second-order valence-electron chi connectivity index (χ2n) is 8.66. The number of nitrogens with one attached hydrogen (secondary N) is 1. The largest absolute Gasteiger partial charge is 0.326 e. The maximum Gasteiger partial charge on any atom is 0.243 e. The highest BCUT2D eigenvalue weighted by molar-refractivity contribution is 7.89. The number of nitrogens with zero attached hydrogens (tertiary/aromatic N) is 2. The number of sulfonamides is 1. The summed E-state index contributed by atoms with van der Waals surface area (Å²) < 4.78 is 26.8. The lowest BCUT2D eigenvalue weighted by atomic mass is 9.95. The molecule has 4 rings (SSSR count). The normalized spacial score (nSPS) is 18.9. The Hall–Kier alpha value is -2.22. The number of hydrogen-bond donors (Lipinski definition) is 1. The molecule has 2 aromatic rings. The van der Waals surface area contributed by atoms with Crippen LogP contribution in [0.1, 0.15) is 36.8 Å². The molecule has 2 aliphatic rings. The van der Waals surface area contributed by atoms with Gasteiger partial charge in [0, 0.05) is 31.2 Å². The molecule has 0 atom stereocenters. The van der Waals surface area contributed by atoms with Crippen LogP contribution in [0.15, 0.2) is 53.4 Å². The average Bonchev–Trinajstić information content (AvgIpc) is 3.32. The van der Waals surface area contributed by atoms with Gasteiger partial charge in [0.05, 0.1) is 4.90 Å². The van der Waals surface area contributed by atoms with Gasteiger partial charge >= 0.3 is 0 Å². The number of carbonyl (C=O) groups excluding carboxylic acids is 1. The fourth-order valence-corrected chi connectivity index (χ4v) is 5.85. The standard InChI is InChI=1S/C24H31N3O3S/c1-19-4-6-20(7-5-19)18-26-16-12-21(13-17-26)24(28)25-22-8-10-23(11-9-22)31(29,30)27-14-2-3-15-27/h4-11,21H,2-3,12-18H2,1H3,(H,25,28). The smallest absolute Gasteiger partial charge is 0.243 e. The molecule has 2 saturated heterocycles. The lowest BCUT2D eigenvalue weighted by molar-refractivity contribution is -0.121. The van der Waals surface area contributed by atoms with Gasteiger partial charge in [0.1, 0.15) is 0 Å². The maximum absolute atomic E-state index is 12.7. The van der Waals surface area contributed by atoms with Crippen LogP contribution in [0.4, 0.5) is 5.69 Å². The molecule has 2 aromatic carbocycles. The number of hydrogen-bond acceptors (Lipinski definition) is 4. The zero-order chi connectivity index (χ0) is 21.8. The van der Waals surface area contributed by atoms with Crippen molar-refractivity contribution in [2.45, 2.75) is 44.0 Å². The number of likely N-dealkylation sites (tertiary alicyclic amines) is 1. The van der Waals surface area contributed by atoms with Crippen molar-refractivity contribution in [3.8, 4) is 0 Å². The van der Waals surface area contributed by atoms with Crippen molar-refractivity contribution in [2.24, 2.45) is 5.92 Å². The van der Waals surface area contributed by atoms with E-state index in [1.54, 1.807) is 24.3 Å². The molecule has 166 valence electrons. The average molecular weight is 442 g/mol. The van der Waals surface area contributed by atoms with Crippen LogP contribution in [0.3, 0.4) is 0 Å². The first-order chi connectivity index (χ1) is 14.9. The lowest BCUT2D eigenvalue weighted by Crippen LogP contribution is -2.37. The van der Waals surface area contributed by atoms with Crippen LogP contribution in [0, 0.1) is 12.8 Å². The van der Waals surface area contributed by atoms with E-state index < -0.39 is 10.0 Å². The first-order valence-electron chi connectivity index (χ1n) is 11.1. The molecule has 7 heteroatoms. The second kappa shape index (κ2) is 9.51. The molecule has 0 unspecified atom stereocenters. The van der Waals surface area contributed by atoms with Gasteiger partial charge in [-0.3, -0.25) is 9.69 Å². The van der Waals surface area contributed by atoms with Gasteiger partial charge in [-0.1, -0.05) is 29.8 Å². The Labute approximate surface area is 185 Å². The molecular weight excluding hydrogens is 410 g/mol. The van der Waals surface area contributed by atoms with Crippen molar-refractivity contribution in [2.75, 3.05) is 31.5 Å². The molecule has 0 saturated carbocycles. The van der Waals surface area contributed by atoms with Crippen LogP contribution in [0.2, 0.25) is 0 Å².